The number of hydrogen-bond acceptors (Lipinski definition) is 4. The molecule has 3 rings (SSSR count). The third-order valence-electron chi connectivity index (χ3n) is 4.88. The molecule has 2 heterocycles. The van der Waals surface area contributed by atoms with Crippen LogP contribution in [0.1, 0.15) is 23.2 Å². The van der Waals surface area contributed by atoms with E-state index in [1.54, 1.807) is 27.0 Å². The molecule has 0 aliphatic heterocycles. The van der Waals surface area contributed by atoms with Gasteiger partial charge in [0.05, 0.1) is 5.39 Å². The van der Waals surface area contributed by atoms with Crippen LogP contribution in [0.3, 0.4) is 0 Å². The van der Waals surface area contributed by atoms with E-state index in [4.69, 9.17) is 0 Å². The number of amides is 1. The van der Waals surface area contributed by atoms with Crippen molar-refractivity contribution in [3.63, 3.8) is 0 Å². The van der Waals surface area contributed by atoms with Crippen molar-refractivity contribution in [3.05, 3.63) is 67.7 Å². The second-order valence-corrected chi connectivity index (χ2v) is 6.76. The zero-order chi connectivity index (χ0) is 20.6. The van der Waals surface area contributed by atoms with Crippen molar-refractivity contribution >= 4 is 22.6 Å². The Labute approximate surface area is 160 Å². The molecule has 0 spiro atoms. The van der Waals surface area contributed by atoms with Gasteiger partial charge in [-0.25, -0.2) is 14.2 Å². The number of hydrogen-bond donors (Lipinski definition) is 1. The highest BCUT2D eigenvalue weighted by Crippen LogP contribution is 2.21. The molecule has 0 fully saturated rings. The number of aromatic nitrogens is 3. The van der Waals surface area contributed by atoms with Crippen molar-refractivity contribution in [1.29, 1.82) is 0 Å². The van der Waals surface area contributed by atoms with Crippen LogP contribution in [-0.4, -0.2) is 20.0 Å². The molecule has 2 aromatic heterocycles. The molecule has 0 saturated heterocycles. The number of aryl methyl sites for hydroxylation is 3. The number of nitrogens with one attached hydrogen (secondary N) is 1. The van der Waals surface area contributed by atoms with Crippen LogP contribution in [0.2, 0.25) is 0 Å². The molecule has 0 saturated carbocycles. The number of halogens is 1. The molecule has 1 N–H and O–H groups in total. The summed E-state index contributed by atoms with van der Waals surface area (Å²) in [5.74, 6) is -0.692. The van der Waals surface area contributed by atoms with Gasteiger partial charge in [0, 0.05) is 31.9 Å². The van der Waals surface area contributed by atoms with Crippen LogP contribution in [0.4, 0.5) is 10.1 Å². The van der Waals surface area contributed by atoms with Crippen molar-refractivity contribution in [2.45, 2.75) is 26.7 Å². The first-order valence-corrected chi connectivity index (χ1v) is 8.82. The van der Waals surface area contributed by atoms with Crippen LogP contribution in [0, 0.1) is 19.7 Å². The predicted octanol–water partition coefficient (Wildman–Crippen LogP) is 1.96. The maximum absolute atomic E-state index is 13.2. The summed E-state index contributed by atoms with van der Waals surface area (Å²) in [5.41, 5.74) is 2.02. The maximum Gasteiger partial charge on any atom is 0.332 e. The summed E-state index contributed by atoms with van der Waals surface area (Å²) in [6.07, 6.45) is 0.519. The minimum atomic E-state index is -0.439. The predicted molar refractivity (Wildman–Crippen MR) is 105 cm³/mol. The highest BCUT2D eigenvalue weighted by molar-refractivity contribution is 5.91. The van der Waals surface area contributed by atoms with E-state index in [1.807, 2.05) is 0 Å². The number of nitrogens with zero attached hydrogens (tertiary/aromatic N) is 3. The molecule has 0 unspecified atom stereocenters. The minimum Gasteiger partial charge on any atom is -0.326 e. The van der Waals surface area contributed by atoms with Gasteiger partial charge in [-0.2, -0.15) is 0 Å². The third-order valence-corrected chi connectivity index (χ3v) is 4.88. The number of fused-ring (bicyclic) bond motifs is 1. The molecule has 1 amide bonds. The van der Waals surface area contributed by atoms with Gasteiger partial charge >= 0.3 is 5.69 Å². The van der Waals surface area contributed by atoms with Crippen LogP contribution in [-0.2, 0) is 25.3 Å². The first-order valence-electron chi connectivity index (χ1n) is 8.82. The number of rotatable bonds is 4. The quantitative estimate of drug-likeness (QED) is 0.745. The Hall–Kier alpha value is -3.29. The fourth-order valence-corrected chi connectivity index (χ4v) is 3.34. The van der Waals surface area contributed by atoms with Crippen molar-refractivity contribution in [2.75, 3.05) is 5.32 Å². The summed E-state index contributed by atoms with van der Waals surface area (Å²) in [5, 5.41) is 3.03. The molecule has 1 aromatic carbocycles. The zero-order valence-electron chi connectivity index (χ0n) is 16.2. The average Bonchev–Trinajstić information content (AvgIpc) is 2.64. The number of carbonyl (C=O) groups is 1. The molecule has 0 aliphatic rings. The number of carbonyl (C=O) groups excluding carboxylic acids is 1. The van der Waals surface area contributed by atoms with Gasteiger partial charge in [-0.05, 0) is 49.6 Å². The van der Waals surface area contributed by atoms with Gasteiger partial charge in [-0.15, -0.1) is 0 Å². The van der Waals surface area contributed by atoms with Crippen molar-refractivity contribution < 1.29 is 9.18 Å². The molecule has 0 aliphatic carbocycles. The Bertz CT molecular complexity index is 1210. The van der Waals surface area contributed by atoms with E-state index in [2.05, 4.69) is 10.3 Å². The lowest BCUT2D eigenvalue weighted by atomic mass is 10.00. The fourth-order valence-electron chi connectivity index (χ4n) is 3.34. The van der Waals surface area contributed by atoms with E-state index in [1.165, 1.54) is 29.8 Å². The van der Waals surface area contributed by atoms with Crippen LogP contribution >= 0.6 is 0 Å². The second-order valence-electron chi connectivity index (χ2n) is 6.76. The molecule has 28 heavy (non-hydrogen) atoms. The van der Waals surface area contributed by atoms with E-state index >= 15 is 0 Å². The van der Waals surface area contributed by atoms with Crippen LogP contribution < -0.4 is 16.6 Å². The summed E-state index contributed by atoms with van der Waals surface area (Å²) in [6, 6.07) is 5.68. The average molecular weight is 384 g/mol. The molecule has 0 bridgehead atoms. The van der Waals surface area contributed by atoms with Gasteiger partial charge < -0.3 is 5.32 Å². The maximum atomic E-state index is 13.2. The van der Waals surface area contributed by atoms with Gasteiger partial charge in [0.15, 0.2) is 0 Å². The SMILES string of the molecule is Cc1nc2c(c(C)c1CCC(=O)Nc1cccc(F)c1)c(=O)n(C)c(=O)n2C. The number of benzene rings is 1. The van der Waals surface area contributed by atoms with Gasteiger partial charge in [-0.3, -0.25) is 18.7 Å². The minimum absolute atomic E-state index is 0.150. The van der Waals surface area contributed by atoms with Crippen LogP contribution in [0.25, 0.3) is 11.0 Å². The topological polar surface area (TPSA) is 86.0 Å². The number of anilines is 1. The largest absolute Gasteiger partial charge is 0.332 e. The Morgan fingerprint density at radius 3 is 2.57 bits per heavy atom. The summed E-state index contributed by atoms with van der Waals surface area (Å²) in [7, 11) is 3.00. The van der Waals surface area contributed by atoms with E-state index in [9.17, 15) is 18.8 Å². The summed E-state index contributed by atoms with van der Waals surface area (Å²) < 4.78 is 15.6. The molecule has 7 nitrogen and oxygen atoms in total. The van der Waals surface area contributed by atoms with Crippen molar-refractivity contribution in [1.82, 2.24) is 14.1 Å². The smallest absolute Gasteiger partial charge is 0.326 e. The van der Waals surface area contributed by atoms with Gasteiger partial charge in [0.25, 0.3) is 5.56 Å². The highest BCUT2D eigenvalue weighted by atomic mass is 19.1. The molecular weight excluding hydrogens is 363 g/mol. The Morgan fingerprint density at radius 1 is 1.18 bits per heavy atom. The first-order chi connectivity index (χ1) is 13.2. The third kappa shape index (κ3) is 3.45. The van der Waals surface area contributed by atoms with Gasteiger partial charge in [0.1, 0.15) is 11.5 Å². The molecule has 8 heteroatoms. The summed E-state index contributed by atoms with van der Waals surface area (Å²) in [6.45, 7) is 3.58. The Morgan fingerprint density at radius 2 is 1.89 bits per heavy atom. The van der Waals surface area contributed by atoms with Crippen LogP contribution in [0.15, 0.2) is 33.9 Å². The van der Waals surface area contributed by atoms with Crippen molar-refractivity contribution in [3.8, 4) is 0 Å². The number of pyridine rings is 1. The molecule has 0 radical (unpaired) electrons. The van der Waals surface area contributed by atoms with Gasteiger partial charge in [-0.1, -0.05) is 6.07 Å². The van der Waals surface area contributed by atoms with E-state index in [0.717, 1.165) is 10.1 Å². The van der Waals surface area contributed by atoms with E-state index < -0.39 is 17.1 Å². The fraction of sp³-hybridized carbons (Fsp3) is 0.300. The lowest BCUT2D eigenvalue weighted by Gasteiger charge is -2.14. The lowest BCUT2D eigenvalue weighted by Crippen LogP contribution is -2.38. The zero-order valence-corrected chi connectivity index (χ0v) is 16.2. The van der Waals surface area contributed by atoms with Gasteiger partial charge in [0.2, 0.25) is 5.91 Å². The standard InChI is InChI=1S/C20H21FN4O3/c1-11-15(8-9-16(26)23-14-7-5-6-13(21)10-14)12(2)22-18-17(11)19(27)25(4)20(28)24(18)3/h5-7,10H,8-9H2,1-4H3,(H,23,26). The normalized spacial score (nSPS) is 11.0. The molecule has 0 atom stereocenters. The van der Waals surface area contributed by atoms with Crippen LogP contribution in [0.5, 0.6) is 0 Å². The van der Waals surface area contributed by atoms with E-state index in [0.29, 0.717) is 34.4 Å². The summed E-state index contributed by atoms with van der Waals surface area (Å²) >= 11 is 0. The first kappa shape index (κ1) is 19.5. The monoisotopic (exact) mass is 384 g/mol. The molecular formula is C20H21FN4O3. The molecule has 3 aromatic rings. The second kappa shape index (κ2) is 7.38. The summed E-state index contributed by atoms with van der Waals surface area (Å²) in [4.78, 5) is 41.4. The highest BCUT2D eigenvalue weighted by Gasteiger charge is 2.17. The van der Waals surface area contributed by atoms with E-state index in [-0.39, 0.29) is 12.3 Å². The lowest BCUT2D eigenvalue weighted by molar-refractivity contribution is -0.116. The van der Waals surface area contributed by atoms with Crippen molar-refractivity contribution in [2.24, 2.45) is 14.1 Å². The molecule has 146 valence electrons. The Kier molecular flexibility index (Phi) is 5.13. The Balaban J connectivity index is 1.92.